The fraction of sp³-hybridized carbons (Fsp3) is 0.889. The van der Waals surface area contributed by atoms with E-state index in [1.54, 1.807) is 0 Å². The third-order valence-corrected chi connectivity index (χ3v) is 2.88. The van der Waals surface area contributed by atoms with Gasteiger partial charge in [-0.3, -0.25) is 0 Å². The molecule has 0 saturated carbocycles. The maximum absolute atomic E-state index is 10.8. The average molecular weight is 183 g/mol. The van der Waals surface area contributed by atoms with Gasteiger partial charge >= 0.3 is 0 Å². The van der Waals surface area contributed by atoms with E-state index in [9.17, 15) is 4.79 Å². The lowest BCUT2D eigenvalue weighted by Gasteiger charge is -2.37. The zero-order chi connectivity index (χ0) is 9.10. The van der Waals surface area contributed by atoms with Gasteiger partial charge in [-0.05, 0) is 12.8 Å². The molecule has 4 nitrogen and oxygen atoms in total. The van der Waals surface area contributed by atoms with Crippen LogP contribution in [0.1, 0.15) is 12.8 Å². The Hall–Kier alpha value is -0.450. The molecule has 1 N–H and O–H groups in total. The van der Waals surface area contributed by atoms with E-state index in [4.69, 9.17) is 0 Å². The van der Waals surface area contributed by atoms with Crippen LogP contribution >= 0.6 is 0 Å². The zero-order valence-electron chi connectivity index (χ0n) is 7.91. The largest absolute Gasteiger partial charge is 0.314 e. The van der Waals surface area contributed by atoms with Gasteiger partial charge in [0.2, 0.25) is 0 Å². The first kappa shape index (κ1) is 9.12. The molecule has 0 aromatic rings. The SMILES string of the molecule is O=C[C@@H]1CCCN1N1CCNCC1. The van der Waals surface area contributed by atoms with Crippen LogP contribution in [0.15, 0.2) is 0 Å². The number of hydrazine groups is 1. The van der Waals surface area contributed by atoms with Crippen LogP contribution in [0.5, 0.6) is 0 Å². The van der Waals surface area contributed by atoms with E-state index in [2.05, 4.69) is 15.3 Å². The molecule has 0 aliphatic carbocycles. The van der Waals surface area contributed by atoms with Gasteiger partial charge < -0.3 is 10.1 Å². The van der Waals surface area contributed by atoms with Crippen LogP contribution in [0, 0.1) is 0 Å². The van der Waals surface area contributed by atoms with E-state index >= 15 is 0 Å². The Labute approximate surface area is 78.8 Å². The number of carbonyl (C=O) groups excluding carboxylic acids is 1. The van der Waals surface area contributed by atoms with Gasteiger partial charge in [0.25, 0.3) is 0 Å². The maximum atomic E-state index is 10.8. The molecule has 4 heteroatoms. The summed E-state index contributed by atoms with van der Waals surface area (Å²) in [4.78, 5) is 10.8. The minimum atomic E-state index is 0.151. The number of hydrogen-bond donors (Lipinski definition) is 1. The van der Waals surface area contributed by atoms with E-state index < -0.39 is 0 Å². The van der Waals surface area contributed by atoms with Crippen molar-refractivity contribution in [3.05, 3.63) is 0 Å². The third kappa shape index (κ3) is 1.90. The summed E-state index contributed by atoms with van der Waals surface area (Å²) in [5, 5.41) is 7.88. The molecular formula is C9H17N3O. The van der Waals surface area contributed by atoms with Gasteiger partial charge in [-0.25, -0.2) is 10.0 Å². The second-order valence-electron chi connectivity index (χ2n) is 3.71. The molecule has 2 aliphatic heterocycles. The van der Waals surface area contributed by atoms with E-state index in [0.29, 0.717) is 0 Å². The second kappa shape index (κ2) is 4.17. The molecule has 0 amide bonds. The monoisotopic (exact) mass is 183 g/mol. The molecule has 2 rings (SSSR count). The van der Waals surface area contributed by atoms with Crippen molar-refractivity contribution in [2.24, 2.45) is 0 Å². The standard InChI is InChI=1S/C9H17N3O/c13-8-9-2-1-5-12(9)11-6-3-10-4-7-11/h8-10H,1-7H2/t9-/m0/s1. The molecule has 0 spiro atoms. The van der Waals surface area contributed by atoms with E-state index in [0.717, 1.165) is 51.9 Å². The number of nitrogens with one attached hydrogen (secondary N) is 1. The molecule has 13 heavy (non-hydrogen) atoms. The third-order valence-electron chi connectivity index (χ3n) is 2.88. The van der Waals surface area contributed by atoms with Crippen molar-refractivity contribution in [2.75, 3.05) is 32.7 Å². The van der Waals surface area contributed by atoms with Gasteiger partial charge in [-0.1, -0.05) is 0 Å². The molecule has 74 valence electrons. The number of rotatable bonds is 2. The summed E-state index contributed by atoms with van der Waals surface area (Å²) in [6.07, 6.45) is 3.29. The van der Waals surface area contributed by atoms with Gasteiger partial charge in [-0.2, -0.15) is 0 Å². The van der Waals surface area contributed by atoms with Crippen molar-refractivity contribution in [1.82, 2.24) is 15.3 Å². The molecule has 0 bridgehead atoms. The topological polar surface area (TPSA) is 35.6 Å². The Morgan fingerprint density at radius 3 is 2.69 bits per heavy atom. The molecule has 0 aromatic heterocycles. The summed E-state index contributed by atoms with van der Waals surface area (Å²) in [5.41, 5.74) is 0. The highest BCUT2D eigenvalue weighted by Gasteiger charge is 2.29. The highest BCUT2D eigenvalue weighted by atomic mass is 16.1. The van der Waals surface area contributed by atoms with Gasteiger partial charge in [0, 0.05) is 32.7 Å². The average Bonchev–Trinajstić information content (AvgIpc) is 2.67. The lowest BCUT2D eigenvalue weighted by Crippen LogP contribution is -2.54. The molecular weight excluding hydrogens is 166 g/mol. The van der Waals surface area contributed by atoms with Crippen molar-refractivity contribution in [3.8, 4) is 0 Å². The van der Waals surface area contributed by atoms with Crippen LogP contribution in [0.4, 0.5) is 0 Å². The molecule has 2 heterocycles. The van der Waals surface area contributed by atoms with Crippen LogP contribution < -0.4 is 5.32 Å². The van der Waals surface area contributed by atoms with E-state index in [1.807, 2.05) is 0 Å². The predicted molar refractivity (Wildman–Crippen MR) is 50.2 cm³/mol. The van der Waals surface area contributed by atoms with Crippen molar-refractivity contribution >= 4 is 6.29 Å². The minimum absolute atomic E-state index is 0.151. The second-order valence-corrected chi connectivity index (χ2v) is 3.71. The van der Waals surface area contributed by atoms with Gasteiger partial charge in [0.1, 0.15) is 6.29 Å². The van der Waals surface area contributed by atoms with Crippen LogP contribution in [-0.2, 0) is 4.79 Å². The van der Waals surface area contributed by atoms with Gasteiger partial charge in [0.05, 0.1) is 6.04 Å². The first-order valence-electron chi connectivity index (χ1n) is 5.09. The molecule has 0 radical (unpaired) electrons. The molecule has 1 atom stereocenters. The first-order valence-corrected chi connectivity index (χ1v) is 5.09. The lowest BCUT2D eigenvalue weighted by atomic mass is 10.2. The lowest BCUT2D eigenvalue weighted by molar-refractivity contribution is -0.119. The number of nitrogens with zero attached hydrogens (tertiary/aromatic N) is 2. The van der Waals surface area contributed by atoms with Crippen LogP contribution in [0.3, 0.4) is 0 Å². The summed E-state index contributed by atoms with van der Waals surface area (Å²) in [6.45, 7) is 5.24. The smallest absolute Gasteiger partial charge is 0.138 e. The molecule has 2 saturated heterocycles. The molecule has 2 aliphatic rings. The van der Waals surface area contributed by atoms with Gasteiger partial charge in [-0.15, -0.1) is 0 Å². The maximum Gasteiger partial charge on any atom is 0.138 e. The Morgan fingerprint density at radius 2 is 2.00 bits per heavy atom. The Kier molecular flexibility index (Phi) is 2.93. The summed E-state index contributed by atoms with van der Waals surface area (Å²) in [6, 6.07) is 0.151. The molecule has 2 fully saturated rings. The summed E-state index contributed by atoms with van der Waals surface area (Å²) < 4.78 is 0. The summed E-state index contributed by atoms with van der Waals surface area (Å²) in [7, 11) is 0. The zero-order valence-corrected chi connectivity index (χ0v) is 7.91. The Bertz CT molecular complexity index is 180. The fourth-order valence-corrected chi connectivity index (χ4v) is 2.18. The normalized spacial score (nSPS) is 32.2. The van der Waals surface area contributed by atoms with Crippen molar-refractivity contribution < 1.29 is 4.79 Å². The number of aldehydes is 1. The van der Waals surface area contributed by atoms with E-state index in [-0.39, 0.29) is 6.04 Å². The van der Waals surface area contributed by atoms with Crippen molar-refractivity contribution in [3.63, 3.8) is 0 Å². The van der Waals surface area contributed by atoms with Crippen molar-refractivity contribution in [2.45, 2.75) is 18.9 Å². The Morgan fingerprint density at radius 1 is 1.23 bits per heavy atom. The minimum Gasteiger partial charge on any atom is -0.314 e. The number of hydrogen-bond acceptors (Lipinski definition) is 4. The molecule has 0 unspecified atom stereocenters. The summed E-state index contributed by atoms with van der Waals surface area (Å²) >= 11 is 0. The highest BCUT2D eigenvalue weighted by molar-refractivity contribution is 5.57. The quantitative estimate of drug-likeness (QED) is 0.584. The fourth-order valence-electron chi connectivity index (χ4n) is 2.18. The van der Waals surface area contributed by atoms with E-state index in [1.165, 1.54) is 0 Å². The van der Waals surface area contributed by atoms with Crippen LogP contribution in [0.2, 0.25) is 0 Å². The van der Waals surface area contributed by atoms with Crippen LogP contribution in [0.25, 0.3) is 0 Å². The number of carbonyl (C=O) groups is 1. The molecule has 0 aromatic carbocycles. The highest BCUT2D eigenvalue weighted by Crippen LogP contribution is 2.17. The number of piperazine rings is 1. The van der Waals surface area contributed by atoms with Crippen LogP contribution in [-0.4, -0.2) is 55.1 Å². The summed E-state index contributed by atoms with van der Waals surface area (Å²) in [5.74, 6) is 0. The predicted octanol–water partition coefficient (Wildman–Crippen LogP) is -0.530. The first-order chi connectivity index (χ1) is 6.42. The Balaban J connectivity index is 1.93. The van der Waals surface area contributed by atoms with Crippen molar-refractivity contribution in [1.29, 1.82) is 0 Å². The van der Waals surface area contributed by atoms with Gasteiger partial charge in [0.15, 0.2) is 0 Å².